The van der Waals surface area contributed by atoms with E-state index < -0.39 is 15.1 Å². The molecule has 0 spiro atoms. The van der Waals surface area contributed by atoms with Gasteiger partial charge in [0.15, 0.2) is 0 Å². The summed E-state index contributed by atoms with van der Waals surface area (Å²) in [4.78, 5) is 18.0. The first-order valence-electron chi connectivity index (χ1n) is 6.15. The second kappa shape index (κ2) is 5.11. The fourth-order valence-corrected chi connectivity index (χ4v) is 4.89. The number of amides is 1. The molecule has 0 saturated carbocycles. The van der Waals surface area contributed by atoms with Gasteiger partial charge in [0.05, 0.1) is 9.21 Å². The molecule has 1 fully saturated rings. The zero-order chi connectivity index (χ0) is 15.2. The average Bonchev–Trinajstić information content (AvgIpc) is 2.95. The summed E-state index contributed by atoms with van der Waals surface area (Å²) < 4.78 is 26.7. The van der Waals surface area contributed by atoms with Gasteiger partial charge in [-0.05, 0) is 12.1 Å². The van der Waals surface area contributed by atoms with Crippen molar-refractivity contribution in [2.45, 2.75) is 10.4 Å². The van der Waals surface area contributed by atoms with Gasteiger partial charge < -0.3 is 9.47 Å². The number of rotatable bonds is 3. The minimum Gasteiger partial charge on any atom is -0.335 e. The van der Waals surface area contributed by atoms with Crippen LogP contribution in [-0.4, -0.2) is 47.1 Å². The standard InChI is InChI=1S/C12H12ClN3O3S2/c1-15-5-4-14-12(15)21(18,19)8-6-16(7-8)11(17)9-2-3-10(13)20-9/h2-5,8H,6-7H2,1H3. The third kappa shape index (κ3) is 2.47. The highest BCUT2D eigenvalue weighted by atomic mass is 35.5. The second-order valence-corrected chi connectivity index (χ2v) is 8.64. The van der Waals surface area contributed by atoms with E-state index in [4.69, 9.17) is 11.6 Å². The molecule has 9 heteroatoms. The first-order chi connectivity index (χ1) is 9.89. The van der Waals surface area contributed by atoms with E-state index >= 15 is 0 Å². The lowest BCUT2D eigenvalue weighted by atomic mass is 10.2. The van der Waals surface area contributed by atoms with Gasteiger partial charge in [-0.2, -0.15) is 0 Å². The summed E-state index contributed by atoms with van der Waals surface area (Å²) in [7, 11) is -1.86. The highest BCUT2D eigenvalue weighted by Gasteiger charge is 2.42. The third-order valence-corrected chi connectivity index (χ3v) is 6.69. The lowest BCUT2D eigenvalue weighted by molar-refractivity contribution is 0.0663. The minimum absolute atomic E-state index is 0.0405. The monoisotopic (exact) mass is 345 g/mol. The zero-order valence-electron chi connectivity index (χ0n) is 11.1. The van der Waals surface area contributed by atoms with Crippen LogP contribution in [0.1, 0.15) is 9.67 Å². The van der Waals surface area contributed by atoms with Crippen molar-refractivity contribution in [1.29, 1.82) is 0 Å². The SMILES string of the molecule is Cn1ccnc1S(=O)(=O)C1CN(C(=O)c2ccc(Cl)s2)C1. The molecule has 2 aromatic heterocycles. The van der Waals surface area contributed by atoms with Crippen molar-refractivity contribution < 1.29 is 13.2 Å². The molecule has 0 aromatic carbocycles. The maximum Gasteiger partial charge on any atom is 0.264 e. The maximum atomic E-state index is 12.4. The number of carbonyl (C=O) groups is 1. The predicted molar refractivity (Wildman–Crippen MR) is 79.4 cm³/mol. The third-order valence-electron chi connectivity index (χ3n) is 3.39. The normalized spacial score (nSPS) is 16.0. The molecule has 3 rings (SSSR count). The van der Waals surface area contributed by atoms with Crippen molar-refractivity contribution >= 4 is 38.7 Å². The molecule has 1 saturated heterocycles. The highest BCUT2D eigenvalue weighted by molar-refractivity contribution is 7.92. The molecule has 0 N–H and O–H groups in total. The number of aryl methyl sites for hydroxylation is 1. The summed E-state index contributed by atoms with van der Waals surface area (Å²) in [5.41, 5.74) is 0. The smallest absolute Gasteiger partial charge is 0.264 e. The van der Waals surface area contributed by atoms with E-state index in [9.17, 15) is 13.2 Å². The van der Waals surface area contributed by atoms with Crippen molar-refractivity contribution in [1.82, 2.24) is 14.5 Å². The minimum atomic E-state index is -3.50. The molecule has 1 amide bonds. The van der Waals surface area contributed by atoms with Crippen molar-refractivity contribution in [2.24, 2.45) is 7.05 Å². The summed E-state index contributed by atoms with van der Waals surface area (Å²) >= 11 is 6.99. The van der Waals surface area contributed by atoms with Crippen LogP contribution < -0.4 is 0 Å². The van der Waals surface area contributed by atoms with E-state index in [0.717, 1.165) is 0 Å². The van der Waals surface area contributed by atoms with Crippen LogP contribution in [0.3, 0.4) is 0 Å². The molecule has 112 valence electrons. The van der Waals surface area contributed by atoms with Crippen LogP contribution in [0.4, 0.5) is 0 Å². The molecular weight excluding hydrogens is 334 g/mol. The molecule has 1 aliphatic heterocycles. The van der Waals surface area contributed by atoms with E-state index in [0.29, 0.717) is 9.21 Å². The molecule has 0 aliphatic carbocycles. The van der Waals surface area contributed by atoms with Gasteiger partial charge >= 0.3 is 0 Å². The summed E-state index contributed by atoms with van der Waals surface area (Å²) in [6.07, 6.45) is 3.03. The summed E-state index contributed by atoms with van der Waals surface area (Å²) in [5, 5.41) is -0.559. The number of nitrogens with zero attached hydrogens (tertiary/aromatic N) is 3. The number of likely N-dealkylation sites (tertiary alicyclic amines) is 1. The Balaban J connectivity index is 1.71. The van der Waals surface area contributed by atoms with Crippen LogP contribution in [0.15, 0.2) is 29.7 Å². The summed E-state index contributed by atoms with van der Waals surface area (Å²) in [6, 6.07) is 3.30. The molecule has 1 aliphatic rings. The Hall–Kier alpha value is -1.38. The van der Waals surface area contributed by atoms with Gasteiger partial charge in [-0.15, -0.1) is 11.3 Å². The van der Waals surface area contributed by atoms with Crippen LogP contribution in [0.5, 0.6) is 0 Å². The van der Waals surface area contributed by atoms with Crippen LogP contribution >= 0.6 is 22.9 Å². The van der Waals surface area contributed by atoms with E-state index in [-0.39, 0.29) is 24.2 Å². The number of aromatic nitrogens is 2. The second-order valence-electron chi connectivity index (χ2n) is 4.80. The van der Waals surface area contributed by atoms with Crippen molar-refractivity contribution in [3.05, 3.63) is 33.7 Å². The Morgan fingerprint density at radius 1 is 1.43 bits per heavy atom. The topological polar surface area (TPSA) is 72.3 Å². The molecule has 0 bridgehead atoms. The van der Waals surface area contributed by atoms with Gasteiger partial charge in [0.2, 0.25) is 15.0 Å². The Morgan fingerprint density at radius 2 is 2.14 bits per heavy atom. The van der Waals surface area contributed by atoms with Crippen LogP contribution in [-0.2, 0) is 16.9 Å². The largest absolute Gasteiger partial charge is 0.335 e. The Labute approximate surface area is 130 Å². The number of carbonyl (C=O) groups excluding carboxylic acids is 1. The first kappa shape index (κ1) is 14.6. The number of hydrogen-bond acceptors (Lipinski definition) is 5. The fraction of sp³-hybridized carbons (Fsp3) is 0.333. The number of sulfone groups is 1. The van der Waals surface area contributed by atoms with Crippen molar-refractivity contribution in [3.63, 3.8) is 0 Å². The van der Waals surface area contributed by atoms with E-state index in [1.807, 2.05) is 0 Å². The quantitative estimate of drug-likeness (QED) is 0.843. The molecular formula is C12H12ClN3O3S2. The lowest BCUT2D eigenvalue weighted by Crippen LogP contribution is -2.57. The maximum absolute atomic E-state index is 12.4. The van der Waals surface area contributed by atoms with Gasteiger partial charge in [0.25, 0.3) is 5.91 Å². The van der Waals surface area contributed by atoms with Crippen LogP contribution in [0.25, 0.3) is 0 Å². The Bertz CT molecular complexity index is 790. The molecule has 3 heterocycles. The van der Waals surface area contributed by atoms with Gasteiger partial charge in [0.1, 0.15) is 5.25 Å². The summed E-state index contributed by atoms with van der Waals surface area (Å²) in [5.74, 6) is -0.182. The van der Waals surface area contributed by atoms with Crippen LogP contribution in [0, 0.1) is 0 Å². The van der Waals surface area contributed by atoms with Gasteiger partial charge in [-0.1, -0.05) is 11.6 Å². The Kier molecular flexibility index (Phi) is 3.54. The summed E-state index contributed by atoms with van der Waals surface area (Å²) in [6.45, 7) is 0.368. The van der Waals surface area contributed by atoms with Crippen LogP contribution in [0.2, 0.25) is 4.34 Å². The van der Waals surface area contributed by atoms with E-state index in [1.54, 1.807) is 25.4 Å². The number of hydrogen-bond donors (Lipinski definition) is 0. The van der Waals surface area contributed by atoms with E-state index in [1.165, 1.54) is 27.0 Å². The van der Waals surface area contributed by atoms with Gasteiger partial charge in [-0.3, -0.25) is 4.79 Å². The Morgan fingerprint density at radius 3 is 2.67 bits per heavy atom. The molecule has 0 unspecified atom stereocenters. The highest BCUT2D eigenvalue weighted by Crippen LogP contribution is 2.27. The van der Waals surface area contributed by atoms with Gasteiger partial charge in [0, 0.05) is 32.5 Å². The van der Waals surface area contributed by atoms with Crippen molar-refractivity contribution in [2.75, 3.05) is 13.1 Å². The molecule has 21 heavy (non-hydrogen) atoms. The molecule has 0 atom stereocenters. The first-order valence-corrected chi connectivity index (χ1v) is 8.89. The van der Waals surface area contributed by atoms with Gasteiger partial charge in [-0.25, -0.2) is 13.4 Å². The molecule has 0 radical (unpaired) electrons. The number of imidazole rings is 1. The number of thiophene rings is 1. The van der Waals surface area contributed by atoms with Crippen molar-refractivity contribution in [3.8, 4) is 0 Å². The lowest BCUT2D eigenvalue weighted by Gasteiger charge is -2.37. The molecule has 6 nitrogen and oxygen atoms in total. The van der Waals surface area contributed by atoms with E-state index in [2.05, 4.69) is 4.98 Å². The predicted octanol–water partition coefficient (Wildman–Crippen LogP) is 1.43. The average molecular weight is 346 g/mol. The molecule has 2 aromatic rings. The number of halogens is 1. The zero-order valence-corrected chi connectivity index (χ0v) is 13.5. The fourth-order valence-electron chi connectivity index (χ4n) is 2.16.